The van der Waals surface area contributed by atoms with Crippen LogP contribution in [0.5, 0.6) is 11.5 Å². The minimum absolute atomic E-state index is 0.519. The molecule has 1 N–H and O–H groups in total. The van der Waals surface area contributed by atoms with Gasteiger partial charge in [0, 0.05) is 24.0 Å². The van der Waals surface area contributed by atoms with Gasteiger partial charge in [0.2, 0.25) is 5.95 Å². The first kappa shape index (κ1) is 18.1. The molecule has 6 nitrogen and oxygen atoms in total. The number of aryl methyl sites for hydroxylation is 1. The number of methoxy groups -OCH3 is 1. The Bertz CT molecular complexity index is 944. The molecular formula is C22H24N4O2. The number of fused-ring (bicyclic) bond motifs is 1. The van der Waals surface area contributed by atoms with E-state index in [1.807, 2.05) is 37.3 Å². The Morgan fingerprint density at radius 3 is 2.64 bits per heavy atom. The highest BCUT2D eigenvalue weighted by atomic mass is 16.5. The van der Waals surface area contributed by atoms with Gasteiger partial charge < -0.3 is 19.7 Å². The molecule has 144 valence electrons. The lowest BCUT2D eigenvalue weighted by molar-refractivity contribution is 0.331. The summed E-state index contributed by atoms with van der Waals surface area (Å²) in [6.45, 7) is 4.07. The highest BCUT2D eigenvalue weighted by Crippen LogP contribution is 2.33. The van der Waals surface area contributed by atoms with Gasteiger partial charge in [-0.3, -0.25) is 0 Å². The lowest BCUT2D eigenvalue weighted by Gasteiger charge is -2.19. The van der Waals surface area contributed by atoms with Gasteiger partial charge in [-0.2, -0.15) is 4.98 Å². The van der Waals surface area contributed by atoms with Gasteiger partial charge in [-0.1, -0.05) is 18.2 Å². The number of nitrogens with zero attached hydrogens (tertiary/aromatic N) is 3. The summed E-state index contributed by atoms with van der Waals surface area (Å²) in [7, 11) is 1.65. The molecule has 4 rings (SSSR count). The van der Waals surface area contributed by atoms with Gasteiger partial charge in [-0.05, 0) is 49.2 Å². The van der Waals surface area contributed by atoms with E-state index in [-0.39, 0.29) is 0 Å². The number of anilines is 3. The van der Waals surface area contributed by atoms with Crippen LogP contribution >= 0.6 is 0 Å². The number of nitrogens with one attached hydrogen (secondary N) is 1. The van der Waals surface area contributed by atoms with Crippen molar-refractivity contribution in [2.24, 2.45) is 0 Å². The minimum atomic E-state index is 0.519. The van der Waals surface area contributed by atoms with Gasteiger partial charge in [0.15, 0.2) is 0 Å². The van der Waals surface area contributed by atoms with Gasteiger partial charge >= 0.3 is 0 Å². The van der Waals surface area contributed by atoms with Crippen LogP contribution < -0.4 is 19.7 Å². The molecule has 2 aromatic carbocycles. The van der Waals surface area contributed by atoms with Crippen LogP contribution in [-0.2, 0) is 6.42 Å². The molecule has 3 aromatic rings. The largest absolute Gasteiger partial charge is 0.497 e. The van der Waals surface area contributed by atoms with Crippen LogP contribution in [0, 0.1) is 6.92 Å². The van der Waals surface area contributed by atoms with E-state index in [0.717, 1.165) is 36.0 Å². The van der Waals surface area contributed by atoms with Crippen molar-refractivity contribution in [2.45, 2.75) is 13.3 Å². The molecule has 1 aromatic heterocycles. The number of ether oxygens (including phenoxy) is 2. The number of benzene rings is 2. The maximum absolute atomic E-state index is 5.75. The Hall–Kier alpha value is -3.28. The van der Waals surface area contributed by atoms with Crippen molar-refractivity contribution in [1.29, 1.82) is 0 Å². The van der Waals surface area contributed by atoms with Crippen molar-refractivity contribution >= 4 is 17.5 Å². The van der Waals surface area contributed by atoms with E-state index in [0.29, 0.717) is 19.1 Å². The zero-order valence-corrected chi connectivity index (χ0v) is 16.2. The molecule has 1 aliphatic heterocycles. The molecule has 2 heterocycles. The predicted octanol–water partition coefficient (Wildman–Crippen LogP) is 3.98. The molecule has 0 atom stereocenters. The molecule has 0 saturated carbocycles. The standard InChI is InChI=1S/C22H24N4O2/c1-16-15-21(26-13-11-17-5-3-4-6-20(17)26)25-22(24-16)23-12-14-28-19-9-7-18(27-2)8-10-19/h3-10,15H,11-14H2,1-2H3,(H,23,24,25). The molecule has 6 heteroatoms. The fourth-order valence-corrected chi connectivity index (χ4v) is 3.35. The summed E-state index contributed by atoms with van der Waals surface area (Å²) in [6.07, 6.45) is 1.04. The zero-order chi connectivity index (χ0) is 19.3. The van der Waals surface area contributed by atoms with Gasteiger partial charge in [-0.15, -0.1) is 0 Å². The highest BCUT2D eigenvalue weighted by molar-refractivity contribution is 5.68. The number of hydrogen-bond acceptors (Lipinski definition) is 6. The molecule has 1 aliphatic rings. The number of rotatable bonds is 7. The van der Waals surface area contributed by atoms with E-state index in [1.165, 1.54) is 11.3 Å². The monoisotopic (exact) mass is 376 g/mol. The van der Waals surface area contributed by atoms with Crippen LogP contribution in [0.15, 0.2) is 54.6 Å². The van der Waals surface area contributed by atoms with Crippen LogP contribution in [0.2, 0.25) is 0 Å². The average Bonchev–Trinajstić information content (AvgIpc) is 3.15. The second-order valence-electron chi connectivity index (χ2n) is 6.67. The van der Waals surface area contributed by atoms with Crippen molar-refractivity contribution < 1.29 is 9.47 Å². The van der Waals surface area contributed by atoms with Crippen molar-refractivity contribution in [3.05, 3.63) is 65.9 Å². The summed E-state index contributed by atoms with van der Waals surface area (Å²) in [4.78, 5) is 11.5. The SMILES string of the molecule is COc1ccc(OCCNc2nc(C)cc(N3CCc4ccccc43)n2)cc1. The maximum Gasteiger partial charge on any atom is 0.224 e. The van der Waals surface area contributed by atoms with E-state index in [2.05, 4.69) is 39.5 Å². The Labute approximate surface area is 165 Å². The van der Waals surface area contributed by atoms with Gasteiger partial charge in [0.1, 0.15) is 23.9 Å². The lowest BCUT2D eigenvalue weighted by Crippen LogP contribution is -2.18. The van der Waals surface area contributed by atoms with E-state index in [1.54, 1.807) is 7.11 Å². The first-order valence-electron chi connectivity index (χ1n) is 9.45. The first-order valence-corrected chi connectivity index (χ1v) is 9.45. The smallest absolute Gasteiger partial charge is 0.224 e. The molecule has 0 spiro atoms. The summed E-state index contributed by atoms with van der Waals surface area (Å²) in [6, 6.07) is 18.1. The van der Waals surface area contributed by atoms with Gasteiger partial charge in [-0.25, -0.2) is 4.98 Å². The third-order valence-corrected chi connectivity index (χ3v) is 4.72. The summed E-state index contributed by atoms with van der Waals surface area (Å²) in [5, 5.41) is 3.27. The fraction of sp³-hybridized carbons (Fsp3) is 0.273. The molecular weight excluding hydrogens is 352 g/mol. The van der Waals surface area contributed by atoms with E-state index in [9.17, 15) is 0 Å². The van der Waals surface area contributed by atoms with E-state index >= 15 is 0 Å². The van der Waals surface area contributed by atoms with Crippen molar-refractivity contribution in [1.82, 2.24) is 9.97 Å². The summed E-state index contributed by atoms with van der Waals surface area (Å²) in [5.41, 5.74) is 3.53. The molecule has 28 heavy (non-hydrogen) atoms. The second-order valence-corrected chi connectivity index (χ2v) is 6.67. The first-order chi connectivity index (χ1) is 13.7. The molecule has 0 amide bonds. The summed E-state index contributed by atoms with van der Waals surface area (Å²) in [5.74, 6) is 3.17. The number of para-hydroxylation sites is 1. The van der Waals surface area contributed by atoms with Crippen molar-refractivity contribution in [3.63, 3.8) is 0 Å². The summed E-state index contributed by atoms with van der Waals surface area (Å²) < 4.78 is 10.9. The lowest BCUT2D eigenvalue weighted by atomic mass is 10.2. The molecule has 0 aliphatic carbocycles. The maximum atomic E-state index is 5.75. The molecule has 0 saturated heterocycles. The van der Waals surface area contributed by atoms with Gasteiger partial charge in [0.05, 0.1) is 13.7 Å². The van der Waals surface area contributed by atoms with E-state index < -0.39 is 0 Å². The predicted molar refractivity (Wildman–Crippen MR) is 111 cm³/mol. The summed E-state index contributed by atoms with van der Waals surface area (Å²) >= 11 is 0. The Morgan fingerprint density at radius 1 is 1.04 bits per heavy atom. The fourth-order valence-electron chi connectivity index (χ4n) is 3.35. The Kier molecular flexibility index (Phi) is 5.28. The van der Waals surface area contributed by atoms with Crippen molar-refractivity contribution in [2.75, 3.05) is 37.0 Å². The van der Waals surface area contributed by atoms with Crippen LogP contribution in [0.25, 0.3) is 0 Å². The molecule has 0 bridgehead atoms. The molecule has 0 fully saturated rings. The third kappa shape index (κ3) is 4.01. The molecule has 0 unspecified atom stereocenters. The average molecular weight is 376 g/mol. The number of aromatic nitrogens is 2. The molecule has 0 radical (unpaired) electrons. The van der Waals surface area contributed by atoms with Crippen LogP contribution in [0.1, 0.15) is 11.3 Å². The van der Waals surface area contributed by atoms with E-state index in [4.69, 9.17) is 14.5 Å². The zero-order valence-electron chi connectivity index (χ0n) is 16.2. The Morgan fingerprint density at radius 2 is 1.82 bits per heavy atom. The number of hydrogen-bond donors (Lipinski definition) is 1. The van der Waals surface area contributed by atoms with Crippen LogP contribution in [0.4, 0.5) is 17.5 Å². The Balaban J connectivity index is 1.38. The second kappa shape index (κ2) is 8.17. The highest BCUT2D eigenvalue weighted by Gasteiger charge is 2.21. The normalized spacial score (nSPS) is 12.6. The topological polar surface area (TPSA) is 59.5 Å². The minimum Gasteiger partial charge on any atom is -0.497 e. The van der Waals surface area contributed by atoms with Gasteiger partial charge in [0.25, 0.3) is 0 Å². The quantitative estimate of drug-likeness (QED) is 0.630. The van der Waals surface area contributed by atoms with Crippen molar-refractivity contribution in [3.8, 4) is 11.5 Å². The van der Waals surface area contributed by atoms with Crippen LogP contribution in [0.3, 0.4) is 0 Å². The van der Waals surface area contributed by atoms with Crippen LogP contribution in [-0.4, -0.2) is 36.8 Å². The third-order valence-electron chi connectivity index (χ3n) is 4.72.